The highest BCUT2D eigenvalue weighted by Gasteiger charge is 2.17. The van der Waals surface area contributed by atoms with Crippen LogP contribution in [0.3, 0.4) is 0 Å². The van der Waals surface area contributed by atoms with Crippen LogP contribution in [0.25, 0.3) is 11.0 Å². The summed E-state index contributed by atoms with van der Waals surface area (Å²) in [5.74, 6) is -0.393. The summed E-state index contributed by atoms with van der Waals surface area (Å²) < 4.78 is 6.56. The first-order valence-corrected chi connectivity index (χ1v) is 9.79. The molecular weight excluding hydrogens is 386 g/mol. The fourth-order valence-electron chi connectivity index (χ4n) is 2.48. The van der Waals surface area contributed by atoms with Crippen molar-refractivity contribution in [1.82, 2.24) is 25.1 Å². The lowest BCUT2D eigenvalue weighted by Crippen LogP contribution is -2.27. The van der Waals surface area contributed by atoms with Crippen molar-refractivity contribution in [3.05, 3.63) is 34.2 Å². The Morgan fingerprint density at radius 1 is 1.36 bits per heavy atom. The van der Waals surface area contributed by atoms with E-state index in [-0.39, 0.29) is 12.3 Å². The lowest BCUT2D eigenvalue weighted by atomic mass is 10.3. The maximum absolute atomic E-state index is 12.0. The van der Waals surface area contributed by atoms with Crippen LogP contribution < -0.4 is 10.6 Å². The van der Waals surface area contributed by atoms with Gasteiger partial charge in [0.05, 0.1) is 24.2 Å². The Kier molecular flexibility index (Phi) is 6.09. The molecule has 1 amide bonds. The van der Waals surface area contributed by atoms with Gasteiger partial charge in [0.2, 0.25) is 0 Å². The first-order chi connectivity index (χ1) is 13.5. The number of anilines is 1. The molecule has 0 aliphatic heterocycles. The quantitative estimate of drug-likeness (QED) is 0.237. The number of nitro groups is 1. The molecule has 0 bridgehead atoms. The molecule has 28 heavy (non-hydrogen) atoms. The number of hydrogen-bond acceptors (Lipinski definition) is 9. The van der Waals surface area contributed by atoms with E-state index in [4.69, 9.17) is 4.42 Å². The highest BCUT2D eigenvalue weighted by atomic mass is 32.2. The van der Waals surface area contributed by atoms with Gasteiger partial charge in [-0.2, -0.15) is 5.10 Å². The summed E-state index contributed by atoms with van der Waals surface area (Å²) in [6.45, 7) is 3.48. The molecule has 148 valence electrons. The van der Waals surface area contributed by atoms with Crippen LogP contribution in [0.2, 0.25) is 0 Å². The first-order valence-electron chi connectivity index (χ1n) is 8.57. The summed E-state index contributed by atoms with van der Waals surface area (Å²) in [6, 6.07) is 2.40. The maximum atomic E-state index is 12.0. The lowest BCUT2D eigenvalue weighted by molar-refractivity contribution is -0.402. The van der Waals surface area contributed by atoms with Gasteiger partial charge < -0.3 is 15.1 Å². The number of rotatable bonds is 9. The molecule has 0 aliphatic rings. The standard InChI is InChI=1S/C16H19N7O4S/c1-3-6-17-13-10-9-19-22(14(10)21-16(20-13)28-2)8-7-18-15(24)11-4-5-12(27-11)23(25)26/h4-5,9H,3,6-8H2,1-2H3,(H,18,24)(H,17,20,21). The molecule has 3 rings (SSSR count). The molecule has 0 spiro atoms. The van der Waals surface area contributed by atoms with Crippen molar-refractivity contribution in [1.29, 1.82) is 0 Å². The molecular formula is C16H19N7O4S. The third-order valence-electron chi connectivity index (χ3n) is 3.81. The Labute approximate surface area is 164 Å². The summed E-state index contributed by atoms with van der Waals surface area (Å²) in [5, 5.41) is 22.3. The fourth-order valence-corrected chi connectivity index (χ4v) is 2.84. The average molecular weight is 405 g/mol. The zero-order valence-electron chi connectivity index (χ0n) is 15.3. The number of hydrogen-bond donors (Lipinski definition) is 2. The summed E-state index contributed by atoms with van der Waals surface area (Å²) in [5.41, 5.74) is 0.667. The highest BCUT2D eigenvalue weighted by Crippen LogP contribution is 2.23. The molecule has 0 saturated carbocycles. The van der Waals surface area contributed by atoms with Crippen molar-refractivity contribution in [2.45, 2.75) is 25.0 Å². The van der Waals surface area contributed by atoms with Crippen LogP contribution >= 0.6 is 11.8 Å². The number of nitrogens with zero attached hydrogens (tertiary/aromatic N) is 5. The van der Waals surface area contributed by atoms with Gasteiger partial charge in [-0.25, -0.2) is 14.6 Å². The van der Waals surface area contributed by atoms with E-state index in [2.05, 4.69) is 32.6 Å². The molecule has 0 unspecified atom stereocenters. The Hall–Kier alpha value is -3.15. The molecule has 2 N–H and O–H groups in total. The van der Waals surface area contributed by atoms with Crippen LogP contribution in [0.4, 0.5) is 11.7 Å². The predicted octanol–water partition coefficient (Wildman–Crippen LogP) is 2.30. The molecule has 0 atom stereocenters. The zero-order valence-corrected chi connectivity index (χ0v) is 16.2. The molecule has 3 aromatic heterocycles. The number of nitrogens with one attached hydrogen (secondary N) is 2. The largest absolute Gasteiger partial charge is 0.433 e. The number of carbonyl (C=O) groups is 1. The minimum Gasteiger partial charge on any atom is -0.395 e. The summed E-state index contributed by atoms with van der Waals surface area (Å²) in [6.07, 6.45) is 4.55. The smallest absolute Gasteiger partial charge is 0.395 e. The van der Waals surface area contributed by atoms with Crippen LogP contribution in [0.1, 0.15) is 23.9 Å². The average Bonchev–Trinajstić information content (AvgIpc) is 3.33. The number of carbonyl (C=O) groups excluding carboxylic acids is 1. The molecule has 0 saturated heterocycles. The molecule has 12 heteroatoms. The molecule has 0 radical (unpaired) electrons. The van der Waals surface area contributed by atoms with Gasteiger partial charge in [-0.05, 0) is 18.7 Å². The second kappa shape index (κ2) is 8.69. The van der Waals surface area contributed by atoms with Crippen LogP contribution in [-0.2, 0) is 6.54 Å². The van der Waals surface area contributed by atoms with E-state index in [1.54, 1.807) is 10.9 Å². The molecule has 0 aliphatic carbocycles. The topological polar surface area (TPSA) is 141 Å². The van der Waals surface area contributed by atoms with Gasteiger partial charge in [-0.15, -0.1) is 0 Å². The zero-order chi connectivity index (χ0) is 20.1. The third-order valence-corrected chi connectivity index (χ3v) is 4.35. The number of fused-ring (bicyclic) bond motifs is 1. The van der Waals surface area contributed by atoms with Gasteiger partial charge >= 0.3 is 5.88 Å². The van der Waals surface area contributed by atoms with E-state index in [9.17, 15) is 14.9 Å². The van der Waals surface area contributed by atoms with Crippen molar-refractivity contribution in [2.75, 3.05) is 24.7 Å². The minimum absolute atomic E-state index is 0.116. The third kappa shape index (κ3) is 4.22. The second-order valence-corrected chi connectivity index (χ2v) is 6.51. The van der Waals surface area contributed by atoms with E-state index in [1.807, 2.05) is 6.26 Å². The normalized spacial score (nSPS) is 10.9. The van der Waals surface area contributed by atoms with Crippen molar-refractivity contribution >= 4 is 40.4 Å². The van der Waals surface area contributed by atoms with Crippen LogP contribution in [-0.4, -0.2) is 49.9 Å². The highest BCUT2D eigenvalue weighted by molar-refractivity contribution is 7.98. The van der Waals surface area contributed by atoms with Gasteiger partial charge in [-0.1, -0.05) is 18.7 Å². The van der Waals surface area contributed by atoms with Crippen LogP contribution in [0.15, 0.2) is 27.9 Å². The number of thioether (sulfide) groups is 1. The Balaban J connectivity index is 1.70. The van der Waals surface area contributed by atoms with Crippen molar-refractivity contribution in [3.63, 3.8) is 0 Å². The van der Waals surface area contributed by atoms with Gasteiger partial charge in [0.1, 0.15) is 10.7 Å². The summed E-state index contributed by atoms with van der Waals surface area (Å²) in [4.78, 5) is 31.0. The second-order valence-electron chi connectivity index (χ2n) is 5.74. The maximum Gasteiger partial charge on any atom is 0.433 e. The molecule has 3 heterocycles. The minimum atomic E-state index is -0.695. The van der Waals surface area contributed by atoms with Crippen LogP contribution in [0, 0.1) is 10.1 Å². The number of furan rings is 1. The number of aromatic nitrogens is 4. The molecule has 3 aromatic rings. The summed E-state index contributed by atoms with van der Waals surface area (Å²) >= 11 is 1.43. The van der Waals surface area contributed by atoms with E-state index in [0.717, 1.165) is 30.2 Å². The molecule has 0 fully saturated rings. The Bertz CT molecular complexity index is 1000. The lowest BCUT2D eigenvalue weighted by Gasteiger charge is -2.08. The molecule has 0 aromatic carbocycles. The van der Waals surface area contributed by atoms with Crippen molar-refractivity contribution in [3.8, 4) is 0 Å². The van der Waals surface area contributed by atoms with E-state index in [1.165, 1.54) is 17.8 Å². The van der Waals surface area contributed by atoms with Gasteiger partial charge in [-0.3, -0.25) is 14.9 Å². The van der Waals surface area contributed by atoms with E-state index in [0.29, 0.717) is 17.3 Å². The van der Waals surface area contributed by atoms with E-state index >= 15 is 0 Å². The Morgan fingerprint density at radius 3 is 2.86 bits per heavy atom. The monoisotopic (exact) mass is 405 g/mol. The van der Waals surface area contributed by atoms with E-state index < -0.39 is 16.7 Å². The van der Waals surface area contributed by atoms with Crippen molar-refractivity contribution in [2.24, 2.45) is 0 Å². The van der Waals surface area contributed by atoms with Crippen LogP contribution in [0.5, 0.6) is 0 Å². The first kappa shape index (κ1) is 19.6. The Morgan fingerprint density at radius 2 is 2.18 bits per heavy atom. The SMILES string of the molecule is CCCNc1nc(SC)nc2c1cnn2CCNC(=O)c1ccc([N+](=O)[O-])o1. The predicted molar refractivity (Wildman–Crippen MR) is 104 cm³/mol. The molecule has 11 nitrogen and oxygen atoms in total. The van der Waals surface area contributed by atoms with Gasteiger partial charge in [0, 0.05) is 13.1 Å². The fraction of sp³-hybridized carbons (Fsp3) is 0.375. The van der Waals surface area contributed by atoms with Crippen molar-refractivity contribution < 1.29 is 14.1 Å². The summed E-state index contributed by atoms with van der Waals surface area (Å²) in [7, 11) is 0. The van der Waals surface area contributed by atoms with Gasteiger partial charge in [0.15, 0.2) is 16.6 Å². The van der Waals surface area contributed by atoms with Gasteiger partial charge in [0.25, 0.3) is 5.91 Å². The number of amides is 1.